The molecule has 1 aliphatic heterocycles. The van der Waals surface area contributed by atoms with Crippen molar-refractivity contribution in [1.29, 1.82) is 0 Å². The van der Waals surface area contributed by atoms with Gasteiger partial charge in [0.15, 0.2) is 11.5 Å². The van der Waals surface area contributed by atoms with Crippen LogP contribution in [0.3, 0.4) is 0 Å². The number of amides is 2. The lowest BCUT2D eigenvalue weighted by Crippen LogP contribution is -2.45. The summed E-state index contributed by atoms with van der Waals surface area (Å²) in [6.45, 7) is 1.86. The number of anilines is 1. The van der Waals surface area contributed by atoms with Crippen LogP contribution in [0.4, 0.5) is 10.1 Å². The number of carbonyl (C=O) groups excluding carboxylic acids is 2. The van der Waals surface area contributed by atoms with E-state index in [1.165, 1.54) is 30.3 Å². The molecular weight excluding hydrogens is 375 g/mol. The molecule has 2 aromatic carbocycles. The van der Waals surface area contributed by atoms with Gasteiger partial charge in [0.25, 0.3) is 11.8 Å². The first kappa shape index (κ1) is 18.8. The van der Waals surface area contributed by atoms with Crippen LogP contribution < -0.4 is 10.3 Å². The van der Waals surface area contributed by atoms with E-state index in [1.54, 1.807) is 17.1 Å². The highest BCUT2D eigenvalue weighted by Crippen LogP contribution is 2.26. The highest BCUT2D eigenvalue weighted by atomic mass is 19.1. The van der Waals surface area contributed by atoms with E-state index in [-0.39, 0.29) is 23.5 Å². The van der Waals surface area contributed by atoms with Crippen LogP contribution in [-0.4, -0.2) is 41.1 Å². The lowest BCUT2D eigenvalue weighted by atomic mass is 10.1. The van der Waals surface area contributed by atoms with Gasteiger partial charge in [0.05, 0.1) is 11.7 Å². The van der Waals surface area contributed by atoms with Crippen LogP contribution in [0.5, 0.6) is 0 Å². The minimum Gasteiger partial charge on any atom is -0.355 e. The molecule has 0 radical (unpaired) electrons. The van der Waals surface area contributed by atoms with Gasteiger partial charge in [-0.25, -0.2) is 14.4 Å². The molecule has 29 heavy (non-hydrogen) atoms. The van der Waals surface area contributed by atoms with E-state index in [0.717, 1.165) is 5.69 Å². The number of hydrazine groups is 1. The van der Waals surface area contributed by atoms with Crippen molar-refractivity contribution in [2.45, 2.75) is 19.0 Å². The van der Waals surface area contributed by atoms with Gasteiger partial charge < -0.3 is 9.84 Å². The van der Waals surface area contributed by atoms with E-state index in [2.05, 4.69) is 10.5 Å². The first-order valence-corrected chi connectivity index (χ1v) is 9.11. The van der Waals surface area contributed by atoms with Gasteiger partial charge in [-0.15, -0.1) is 0 Å². The van der Waals surface area contributed by atoms with E-state index >= 15 is 0 Å². The third-order valence-corrected chi connectivity index (χ3v) is 5.02. The van der Waals surface area contributed by atoms with Gasteiger partial charge in [0.2, 0.25) is 0 Å². The normalized spacial score (nSPS) is 19.6. The standard InChI is InChI=1S/C21H19FN4O3/c1-13-19(21(28)26(25(13)2)16-6-4-3-5-7-16)23-20(27)17-12-18(29-24-17)14-8-10-15(22)11-9-14/h3-13,19H,1-2H3,(H,23,27). The Morgan fingerprint density at radius 3 is 2.52 bits per heavy atom. The fourth-order valence-corrected chi connectivity index (χ4v) is 3.30. The average Bonchev–Trinajstić information content (AvgIpc) is 3.29. The Bertz CT molecular complexity index is 1040. The second-order valence-corrected chi connectivity index (χ2v) is 6.83. The van der Waals surface area contributed by atoms with Crippen molar-refractivity contribution in [3.8, 4) is 11.3 Å². The summed E-state index contributed by atoms with van der Waals surface area (Å²) in [4.78, 5) is 25.6. The summed E-state index contributed by atoms with van der Waals surface area (Å²) in [7, 11) is 1.80. The second-order valence-electron chi connectivity index (χ2n) is 6.83. The minimum atomic E-state index is -0.737. The Morgan fingerprint density at radius 1 is 1.14 bits per heavy atom. The summed E-state index contributed by atoms with van der Waals surface area (Å²) in [5, 5.41) is 9.86. The van der Waals surface area contributed by atoms with Crippen molar-refractivity contribution in [3.05, 3.63) is 72.2 Å². The first-order valence-electron chi connectivity index (χ1n) is 9.11. The number of halogens is 1. The van der Waals surface area contributed by atoms with Crippen molar-refractivity contribution in [3.63, 3.8) is 0 Å². The summed E-state index contributed by atoms with van der Waals surface area (Å²) in [6.07, 6.45) is 0. The number of rotatable bonds is 4. The lowest BCUT2D eigenvalue weighted by Gasteiger charge is -2.26. The second kappa shape index (κ2) is 7.48. The maximum Gasteiger partial charge on any atom is 0.274 e. The molecule has 0 saturated carbocycles. The van der Waals surface area contributed by atoms with Gasteiger partial charge in [0, 0.05) is 18.7 Å². The number of carbonyl (C=O) groups is 2. The van der Waals surface area contributed by atoms with Crippen LogP contribution in [0.1, 0.15) is 17.4 Å². The molecule has 2 unspecified atom stereocenters. The summed E-state index contributed by atoms with van der Waals surface area (Å²) in [5.74, 6) is -0.784. The van der Waals surface area contributed by atoms with E-state index in [1.807, 2.05) is 37.3 Å². The monoisotopic (exact) mass is 394 g/mol. The van der Waals surface area contributed by atoms with Crippen LogP contribution in [-0.2, 0) is 4.79 Å². The molecule has 3 aromatic rings. The smallest absolute Gasteiger partial charge is 0.274 e. The van der Waals surface area contributed by atoms with Gasteiger partial charge in [-0.2, -0.15) is 0 Å². The predicted molar refractivity (Wildman–Crippen MR) is 104 cm³/mol. The molecule has 0 aliphatic carbocycles. The number of nitrogens with one attached hydrogen (secondary N) is 1. The highest BCUT2D eigenvalue weighted by molar-refractivity contribution is 6.03. The van der Waals surface area contributed by atoms with Crippen molar-refractivity contribution in [1.82, 2.24) is 15.5 Å². The molecular formula is C21H19FN4O3. The first-order chi connectivity index (χ1) is 14.0. The van der Waals surface area contributed by atoms with Crippen molar-refractivity contribution < 1.29 is 18.5 Å². The molecule has 2 heterocycles. The maximum absolute atomic E-state index is 13.1. The molecule has 4 rings (SSSR count). The van der Waals surface area contributed by atoms with Crippen LogP contribution in [0.25, 0.3) is 11.3 Å². The number of hydrogen-bond donors (Lipinski definition) is 1. The van der Waals surface area contributed by atoms with Crippen molar-refractivity contribution in [2.75, 3.05) is 12.1 Å². The summed E-state index contributed by atoms with van der Waals surface area (Å²) < 4.78 is 18.3. The molecule has 148 valence electrons. The molecule has 0 bridgehead atoms. The Kier molecular flexibility index (Phi) is 4.85. The van der Waals surface area contributed by atoms with E-state index < -0.39 is 11.9 Å². The third kappa shape index (κ3) is 3.50. The third-order valence-electron chi connectivity index (χ3n) is 5.02. The van der Waals surface area contributed by atoms with E-state index in [0.29, 0.717) is 11.3 Å². The Labute approximate surface area is 166 Å². The van der Waals surface area contributed by atoms with Gasteiger partial charge in [0.1, 0.15) is 11.9 Å². The molecule has 1 N–H and O–H groups in total. The van der Waals surface area contributed by atoms with Crippen molar-refractivity contribution in [2.24, 2.45) is 0 Å². The number of nitrogens with zero attached hydrogens (tertiary/aromatic N) is 3. The maximum atomic E-state index is 13.1. The average molecular weight is 394 g/mol. The zero-order chi connectivity index (χ0) is 20.5. The van der Waals surface area contributed by atoms with Gasteiger partial charge in [-0.3, -0.25) is 9.59 Å². The van der Waals surface area contributed by atoms with Crippen molar-refractivity contribution >= 4 is 17.5 Å². The van der Waals surface area contributed by atoms with Crippen LogP contribution >= 0.6 is 0 Å². The lowest BCUT2D eigenvalue weighted by molar-refractivity contribution is -0.119. The summed E-state index contributed by atoms with van der Waals surface area (Å²) in [5.41, 5.74) is 1.37. The molecule has 1 saturated heterocycles. The number of aromatic nitrogens is 1. The molecule has 0 spiro atoms. The zero-order valence-electron chi connectivity index (χ0n) is 15.9. The van der Waals surface area contributed by atoms with E-state index in [9.17, 15) is 14.0 Å². The van der Waals surface area contributed by atoms with Gasteiger partial charge in [-0.05, 0) is 43.3 Å². The van der Waals surface area contributed by atoms with Crippen LogP contribution in [0, 0.1) is 5.82 Å². The largest absolute Gasteiger partial charge is 0.355 e. The van der Waals surface area contributed by atoms with Crippen LogP contribution in [0.15, 0.2) is 65.2 Å². The number of benzene rings is 2. The Balaban J connectivity index is 1.51. The zero-order valence-corrected chi connectivity index (χ0v) is 15.9. The summed E-state index contributed by atoms with van der Waals surface area (Å²) in [6, 6.07) is 15.4. The molecule has 2 amide bonds. The molecule has 7 nitrogen and oxygen atoms in total. The molecule has 2 atom stereocenters. The highest BCUT2D eigenvalue weighted by Gasteiger charge is 2.44. The number of likely N-dealkylation sites (N-methyl/N-ethyl adjacent to an activating group) is 1. The Morgan fingerprint density at radius 2 is 1.83 bits per heavy atom. The topological polar surface area (TPSA) is 78.7 Å². The fraction of sp³-hybridized carbons (Fsp3) is 0.190. The minimum absolute atomic E-state index is 0.0464. The molecule has 8 heteroatoms. The molecule has 1 aromatic heterocycles. The molecule has 1 aliphatic rings. The van der Waals surface area contributed by atoms with E-state index in [4.69, 9.17) is 4.52 Å². The quantitative estimate of drug-likeness (QED) is 0.736. The summed E-state index contributed by atoms with van der Waals surface area (Å²) >= 11 is 0. The SMILES string of the molecule is CC1C(NC(=O)c2cc(-c3ccc(F)cc3)on2)C(=O)N(c2ccccc2)N1C. The molecule has 1 fully saturated rings. The van der Waals surface area contributed by atoms with Crippen LogP contribution in [0.2, 0.25) is 0 Å². The predicted octanol–water partition coefficient (Wildman–Crippen LogP) is 2.86. The number of hydrogen-bond acceptors (Lipinski definition) is 5. The Hall–Kier alpha value is -3.52. The van der Waals surface area contributed by atoms with Gasteiger partial charge >= 0.3 is 0 Å². The van der Waals surface area contributed by atoms with Gasteiger partial charge in [-0.1, -0.05) is 23.4 Å². The number of para-hydroxylation sites is 1. The fourth-order valence-electron chi connectivity index (χ4n) is 3.30.